The van der Waals surface area contributed by atoms with Gasteiger partial charge in [0.25, 0.3) is 0 Å². The van der Waals surface area contributed by atoms with Crippen LogP contribution in [0.1, 0.15) is 18.9 Å². The molecule has 27 heavy (non-hydrogen) atoms. The van der Waals surface area contributed by atoms with Crippen molar-refractivity contribution in [3.63, 3.8) is 0 Å². The van der Waals surface area contributed by atoms with Gasteiger partial charge in [0, 0.05) is 40.3 Å². The van der Waals surface area contributed by atoms with Gasteiger partial charge in [0.2, 0.25) is 5.91 Å². The molecule has 0 bridgehead atoms. The molecule has 1 heterocycles. The van der Waals surface area contributed by atoms with Gasteiger partial charge in [0.05, 0.1) is 6.54 Å². The number of para-hydroxylation sites is 1. The molecule has 2 rings (SSSR count). The number of guanidine groups is 1. The van der Waals surface area contributed by atoms with Crippen LogP contribution in [0.25, 0.3) is 0 Å². The van der Waals surface area contributed by atoms with Gasteiger partial charge in [0.1, 0.15) is 18.4 Å². The van der Waals surface area contributed by atoms with Crippen molar-refractivity contribution in [1.82, 2.24) is 15.5 Å². The van der Waals surface area contributed by atoms with Gasteiger partial charge in [-0.3, -0.25) is 4.79 Å². The van der Waals surface area contributed by atoms with Gasteiger partial charge in [-0.05, 0) is 25.0 Å². The maximum absolute atomic E-state index is 11.8. The third-order valence-electron chi connectivity index (χ3n) is 4.04. The van der Waals surface area contributed by atoms with Crippen LogP contribution < -0.4 is 15.4 Å². The molecule has 0 aliphatic carbocycles. The van der Waals surface area contributed by atoms with Gasteiger partial charge < -0.3 is 25.0 Å². The molecule has 1 amide bonds. The predicted molar refractivity (Wildman–Crippen MR) is 118 cm³/mol. The molecule has 0 radical (unpaired) electrons. The van der Waals surface area contributed by atoms with E-state index in [-0.39, 0.29) is 42.5 Å². The van der Waals surface area contributed by atoms with E-state index in [9.17, 15) is 4.79 Å². The lowest BCUT2D eigenvalue weighted by atomic mass is 10.1. The molecule has 0 fully saturated rings. The summed E-state index contributed by atoms with van der Waals surface area (Å²) in [4.78, 5) is 17.7. The lowest BCUT2D eigenvalue weighted by molar-refractivity contribution is -0.127. The third kappa shape index (κ3) is 8.34. The molecule has 1 atom stereocenters. The summed E-state index contributed by atoms with van der Waals surface area (Å²) in [5.74, 6) is 1.53. The zero-order valence-electron chi connectivity index (χ0n) is 16.4. The average molecular weight is 490 g/mol. The standard InChI is InChI=1S/C19H30N4O3.HI/c1-4-25-11-7-10-20-19(22-14-18(24)23(2)3)21-13-16-12-15-8-5-6-9-17(15)26-16;/h5-6,8-9,16H,4,7,10-14H2,1-3H3,(H2,20,21,22);1H. The van der Waals surface area contributed by atoms with Crippen LogP contribution in [0.3, 0.4) is 0 Å². The van der Waals surface area contributed by atoms with Crippen molar-refractivity contribution < 1.29 is 14.3 Å². The molecule has 1 aromatic rings. The zero-order chi connectivity index (χ0) is 18.8. The summed E-state index contributed by atoms with van der Waals surface area (Å²) in [5.41, 5.74) is 1.23. The molecular formula is C19H31IN4O3. The number of nitrogens with zero attached hydrogens (tertiary/aromatic N) is 2. The summed E-state index contributed by atoms with van der Waals surface area (Å²) in [6.07, 6.45) is 1.81. The first-order chi connectivity index (χ1) is 12.6. The highest BCUT2D eigenvalue weighted by atomic mass is 127. The molecule has 1 aromatic carbocycles. The molecule has 0 saturated heterocycles. The molecular weight excluding hydrogens is 459 g/mol. The minimum absolute atomic E-state index is 0. The number of halogens is 1. The lowest BCUT2D eigenvalue weighted by Crippen LogP contribution is -2.43. The van der Waals surface area contributed by atoms with Crippen LogP contribution in [0.15, 0.2) is 29.3 Å². The third-order valence-corrected chi connectivity index (χ3v) is 4.04. The molecule has 2 N–H and O–H groups in total. The molecule has 8 heteroatoms. The molecule has 7 nitrogen and oxygen atoms in total. The fourth-order valence-corrected chi connectivity index (χ4v) is 2.57. The van der Waals surface area contributed by atoms with E-state index in [1.54, 1.807) is 14.1 Å². The number of amides is 1. The van der Waals surface area contributed by atoms with Gasteiger partial charge in [-0.1, -0.05) is 18.2 Å². The summed E-state index contributed by atoms with van der Waals surface area (Å²) in [7, 11) is 3.45. The number of nitrogens with one attached hydrogen (secondary N) is 2. The number of carbonyl (C=O) groups is 1. The Bertz CT molecular complexity index is 585. The van der Waals surface area contributed by atoms with E-state index in [0.717, 1.165) is 31.7 Å². The van der Waals surface area contributed by atoms with E-state index < -0.39 is 0 Å². The predicted octanol–water partition coefficient (Wildman–Crippen LogP) is 1.66. The summed E-state index contributed by atoms with van der Waals surface area (Å²) in [6, 6.07) is 8.09. The van der Waals surface area contributed by atoms with Crippen molar-refractivity contribution >= 4 is 35.8 Å². The topological polar surface area (TPSA) is 75.2 Å². The van der Waals surface area contributed by atoms with Gasteiger partial charge in [-0.25, -0.2) is 4.99 Å². The number of likely N-dealkylation sites (N-methyl/N-ethyl adjacent to an activating group) is 1. The van der Waals surface area contributed by atoms with Crippen LogP contribution in [0, 0.1) is 0 Å². The second kappa shape index (κ2) is 12.8. The quantitative estimate of drug-likeness (QED) is 0.239. The first-order valence-electron chi connectivity index (χ1n) is 9.14. The van der Waals surface area contributed by atoms with Crippen molar-refractivity contribution in [3.8, 4) is 5.75 Å². The summed E-state index contributed by atoms with van der Waals surface area (Å²) in [5, 5.41) is 6.53. The Balaban J connectivity index is 0.00000364. The highest BCUT2D eigenvalue weighted by molar-refractivity contribution is 14.0. The highest BCUT2D eigenvalue weighted by Crippen LogP contribution is 2.27. The van der Waals surface area contributed by atoms with Crippen molar-refractivity contribution in [1.29, 1.82) is 0 Å². The number of hydrogen-bond donors (Lipinski definition) is 2. The minimum Gasteiger partial charge on any atom is -0.488 e. The molecule has 0 spiro atoms. The Kier molecular flexibility index (Phi) is 11.1. The van der Waals surface area contributed by atoms with Gasteiger partial charge in [-0.2, -0.15) is 0 Å². The Hall–Kier alpha value is -1.55. The van der Waals surface area contributed by atoms with Crippen LogP contribution in [-0.2, 0) is 16.0 Å². The van der Waals surface area contributed by atoms with E-state index in [4.69, 9.17) is 9.47 Å². The maximum atomic E-state index is 11.8. The Labute approximate surface area is 178 Å². The number of fused-ring (bicyclic) bond motifs is 1. The van der Waals surface area contributed by atoms with E-state index in [2.05, 4.69) is 21.7 Å². The highest BCUT2D eigenvalue weighted by Gasteiger charge is 2.22. The van der Waals surface area contributed by atoms with Crippen LogP contribution in [0.4, 0.5) is 0 Å². The Morgan fingerprint density at radius 2 is 2.11 bits per heavy atom. The largest absolute Gasteiger partial charge is 0.488 e. The minimum atomic E-state index is -0.0371. The summed E-state index contributed by atoms with van der Waals surface area (Å²) >= 11 is 0. The number of rotatable bonds is 9. The van der Waals surface area contributed by atoms with Crippen molar-refractivity contribution in [2.45, 2.75) is 25.9 Å². The number of aliphatic imine (C=N–C) groups is 1. The summed E-state index contributed by atoms with van der Waals surface area (Å²) in [6.45, 7) is 4.87. The number of ether oxygens (including phenoxy) is 2. The fourth-order valence-electron chi connectivity index (χ4n) is 2.57. The van der Waals surface area contributed by atoms with E-state index >= 15 is 0 Å². The lowest BCUT2D eigenvalue weighted by Gasteiger charge is -2.16. The second-order valence-corrected chi connectivity index (χ2v) is 6.36. The van der Waals surface area contributed by atoms with Crippen molar-refractivity contribution in [2.75, 3.05) is 46.9 Å². The van der Waals surface area contributed by atoms with Crippen LogP contribution in [0.5, 0.6) is 5.75 Å². The molecule has 0 aromatic heterocycles. The monoisotopic (exact) mass is 490 g/mol. The van der Waals surface area contributed by atoms with Crippen LogP contribution >= 0.6 is 24.0 Å². The zero-order valence-corrected chi connectivity index (χ0v) is 18.7. The maximum Gasteiger partial charge on any atom is 0.243 e. The van der Waals surface area contributed by atoms with Crippen molar-refractivity contribution in [3.05, 3.63) is 29.8 Å². The number of benzene rings is 1. The Morgan fingerprint density at radius 1 is 1.33 bits per heavy atom. The van der Waals surface area contributed by atoms with E-state index in [1.807, 2.05) is 25.1 Å². The first kappa shape index (κ1) is 23.5. The molecule has 1 aliphatic rings. The van der Waals surface area contributed by atoms with Crippen LogP contribution in [-0.4, -0.2) is 69.8 Å². The normalized spacial score (nSPS) is 15.4. The van der Waals surface area contributed by atoms with Gasteiger partial charge in [0.15, 0.2) is 5.96 Å². The molecule has 0 saturated carbocycles. The fraction of sp³-hybridized carbons (Fsp3) is 0.579. The van der Waals surface area contributed by atoms with Gasteiger partial charge >= 0.3 is 0 Å². The van der Waals surface area contributed by atoms with E-state index in [0.29, 0.717) is 19.1 Å². The molecule has 152 valence electrons. The summed E-state index contributed by atoms with van der Waals surface area (Å²) < 4.78 is 11.3. The number of hydrogen-bond acceptors (Lipinski definition) is 4. The van der Waals surface area contributed by atoms with Crippen LogP contribution in [0.2, 0.25) is 0 Å². The van der Waals surface area contributed by atoms with Crippen molar-refractivity contribution in [2.24, 2.45) is 4.99 Å². The SMILES string of the molecule is CCOCCCNC(=NCC(=O)N(C)C)NCC1Cc2ccccc2O1.I. The van der Waals surface area contributed by atoms with Gasteiger partial charge in [-0.15, -0.1) is 24.0 Å². The molecule has 1 unspecified atom stereocenters. The first-order valence-corrected chi connectivity index (χ1v) is 9.14. The van der Waals surface area contributed by atoms with E-state index in [1.165, 1.54) is 10.5 Å². The smallest absolute Gasteiger partial charge is 0.243 e. The number of carbonyl (C=O) groups excluding carboxylic acids is 1. The Morgan fingerprint density at radius 3 is 2.81 bits per heavy atom. The average Bonchev–Trinajstić information content (AvgIpc) is 3.05. The molecule has 1 aliphatic heterocycles. The second-order valence-electron chi connectivity index (χ2n) is 6.36.